The standard InChI is InChI=1S/C17H27N3O3S.ClH/c1-3-4-11-24(22,23)20-9-7-14(8-10-20)17(21)19-16-12-15(18)6-5-13(16)2;/h5-6,12,14H,3-4,7-11,18H2,1-2H3,(H,19,21);1H. The van der Waals surface area contributed by atoms with Crippen LogP contribution in [0.3, 0.4) is 0 Å². The fourth-order valence-corrected chi connectivity index (χ4v) is 4.54. The highest BCUT2D eigenvalue weighted by Crippen LogP contribution is 2.24. The van der Waals surface area contributed by atoms with Crippen LogP contribution in [0.4, 0.5) is 11.4 Å². The van der Waals surface area contributed by atoms with Gasteiger partial charge in [-0.2, -0.15) is 0 Å². The first-order valence-electron chi connectivity index (χ1n) is 8.48. The molecule has 1 fully saturated rings. The molecular weight excluding hydrogens is 362 g/mol. The van der Waals surface area contributed by atoms with Crippen LogP contribution in [0.1, 0.15) is 38.2 Å². The number of carbonyl (C=O) groups excluding carboxylic acids is 1. The van der Waals surface area contributed by atoms with E-state index in [9.17, 15) is 13.2 Å². The number of rotatable bonds is 6. The number of carbonyl (C=O) groups is 1. The van der Waals surface area contributed by atoms with Crippen molar-refractivity contribution in [2.45, 2.75) is 39.5 Å². The van der Waals surface area contributed by atoms with E-state index in [0.717, 1.165) is 17.7 Å². The van der Waals surface area contributed by atoms with Crippen molar-refractivity contribution >= 4 is 39.7 Å². The van der Waals surface area contributed by atoms with Crippen LogP contribution in [0, 0.1) is 12.8 Å². The molecule has 142 valence electrons. The van der Waals surface area contributed by atoms with Crippen LogP contribution in [0.25, 0.3) is 0 Å². The maximum absolute atomic E-state index is 12.4. The summed E-state index contributed by atoms with van der Waals surface area (Å²) >= 11 is 0. The van der Waals surface area contributed by atoms with E-state index in [0.29, 0.717) is 38.0 Å². The van der Waals surface area contributed by atoms with Crippen LogP contribution in [0.15, 0.2) is 18.2 Å². The largest absolute Gasteiger partial charge is 0.399 e. The molecule has 1 aromatic rings. The first-order chi connectivity index (χ1) is 11.3. The number of nitrogens with zero attached hydrogens (tertiary/aromatic N) is 1. The van der Waals surface area contributed by atoms with Crippen molar-refractivity contribution in [1.29, 1.82) is 0 Å². The Morgan fingerprint density at radius 3 is 2.56 bits per heavy atom. The Hall–Kier alpha value is -1.31. The highest BCUT2D eigenvalue weighted by Gasteiger charge is 2.30. The number of amides is 1. The van der Waals surface area contributed by atoms with Gasteiger partial charge >= 0.3 is 0 Å². The van der Waals surface area contributed by atoms with Gasteiger partial charge < -0.3 is 11.1 Å². The lowest BCUT2D eigenvalue weighted by molar-refractivity contribution is -0.120. The minimum absolute atomic E-state index is 0. The highest BCUT2D eigenvalue weighted by atomic mass is 35.5. The SMILES string of the molecule is CCCCS(=O)(=O)N1CCC(C(=O)Nc2cc(N)ccc2C)CC1.Cl. The average molecular weight is 390 g/mol. The Kier molecular flexibility index (Phi) is 8.18. The number of halogens is 1. The van der Waals surface area contributed by atoms with Gasteiger partial charge in [-0.1, -0.05) is 19.4 Å². The summed E-state index contributed by atoms with van der Waals surface area (Å²) in [6, 6.07) is 5.41. The molecule has 8 heteroatoms. The lowest BCUT2D eigenvalue weighted by atomic mass is 9.97. The maximum Gasteiger partial charge on any atom is 0.227 e. The van der Waals surface area contributed by atoms with Gasteiger partial charge in [0.15, 0.2) is 0 Å². The summed E-state index contributed by atoms with van der Waals surface area (Å²) in [4.78, 5) is 12.4. The number of nitrogen functional groups attached to an aromatic ring is 1. The van der Waals surface area contributed by atoms with Crippen LogP contribution in [-0.2, 0) is 14.8 Å². The molecule has 0 aromatic heterocycles. The third kappa shape index (κ3) is 5.87. The molecule has 3 N–H and O–H groups in total. The number of benzene rings is 1. The van der Waals surface area contributed by atoms with Crippen LogP contribution < -0.4 is 11.1 Å². The molecule has 1 aliphatic heterocycles. The van der Waals surface area contributed by atoms with E-state index in [1.807, 2.05) is 19.9 Å². The van der Waals surface area contributed by atoms with Gasteiger partial charge in [-0.25, -0.2) is 12.7 Å². The van der Waals surface area contributed by atoms with Gasteiger partial charge in [0.2, 0.25) is 15.9 Å². The number of unbranched alkanes of at least 4 members (excludes halogenated alkanes) is 1. The Morgan fingerprint density at radius 1 is 1.32 bits per heavy atom. The topological polar surface area (TPSA) is 92.5 Å². The summed E-state index contributed by atoms with van der Waals surface area (Å²) in [6.45, 7) is 4.72. The van der Waals surface area contributed by atoms with E-state index in [2.05, 4.69) is 5.32 Å². The van der Waals surface area contributed by atoms with Gasteiger partial charge in [-0.15, -0.1) is 12.4 Å². The molecule has 1 aliphatic rings. The van der Waals surface area contributed by atoms with Gasteiger partial charge in [0.1, 0.15) is 0 Å². The number of nitrogens with two attached hydrogens (primary N) is 1. The zero-order valence-electron chi connectivity index (χ0n) is 14.8. The van der Waals surface area contributed by atoms with Crippen LogP contribution >= 0.6 is 12.4 Å². The number of hydrogen-bond donors (Lipinski definition) is 2. The lowest BCUT2D eigenvalue weighted by Crippen LogP contribution is -2.42. The first kappa shape index (κ1) is 21.7. The normalized spacial score (nSPS) is 16.2. The number of nitrogens with one attached hydrogen (secondary N) is 1. The summed E-state index contributed by atoms with van der Waals surface area (Å²) in [5.41, 5.74) is 8.04. The molecule has 1 saturated heterocycles. The summed E-state index contributed by atoms with van der Waals surface area (Å²) in [5.74, 6) is -0.0270. The molecule has 0 aliphatic carbocycles. The Bertz CT molecular complexity index is 686. The molecule has 25 heavy (non-hydrogen) atoms. The molecule has 6 nitrogen and oxygen atoms in total. The fourth-order valence-electron chi connectivity index (χ4n) is 2.86. The zero-order chi connectivity index (χ0) is 17.7. The summed E-state index contributed by atoms with van der Waals surface area (Å²) in [5, 5.41) is 2.92. The molecule has 0 unspecified atom stereocenters. The quantitative estimate of drug-likeness (QED) is 0.731. The maximum atomic E-state index is 12.4. The molecule has 2 rings (SSSR count). The third-order valence-corrected chi connectivity index (χ3v) is 6.45. The molecule has 1 aromatic carbocycles. The average Bonchev–Trinajstić information content (AvgIpc) is 2.56. The monoisotopic (exact) mass is 389 g/mol. The molecule has 0 bridgehead atoms. The molecule has 0 atom stereocenters. The number of sulfonamides is 1. The Balaban J connectivity index is 0.00000312. The zero-order valence-corrected chi connectivity index (χ0v) is 16.5. The molecule has 1 heterocycles. The van der Waals surface area contributed by atoms with Gasteiger partial charge in [-0.3, -0.25) is 4.79 Å². The second-order valence-electron chi connectivity index (χ2n) is 6.41. The third-order valence-electron chi connectivity index (χ3n) is 4.49. The predicted octanol–water partition coefficient (Wildman–Crippen LogP) is 2.78. The summed E-state index contributed by atoms with van der Waals surface area (Å²) in [6.07, 6.45) is 2.65. The van der Waals surface area contributed by atoms with E-state index in [1.165, 1.54) is 4.31 Å². The number of anilines is 2. The van der Waals surface area contributed by atoms with Gasteiger partial charge in [-0.05, 0) is 43.9 Å². The van der Waals surface area contributed by atoms with Crippen molar-refractivity contribution in [3.8, 4) is 0 Å². The van der Waals surface area contributed by atoms with Crippen molar-refractivity contribution in [3.05, 3.63) is 23.8 Å². The first-order valence-corrected chi connectivity index (χ1v) is 10.1. The van der Waals surface area contributed by atoms with E-state index in [4.69, 9.17) is 5.73 Å². The van der Waals surface area contributed by atoms with Gasteiger partial charge in [0, 0.05) is 30.4 Å². The van der Waals surface area contributed by atoms with Crippen molar-refractivity contribution in [2.24, 2.45) is 5.92 Å². The van der Waals surface area contributed by atoms with Crippen molar-refractivity contribution in [3.63, 3.8) is 0 Å². The van der Waals surface area contributed by atoms with E-state index >= 15 is 0 Å². The van der Waals surface area contributed by atoms with Crippen molar-refractivity contribution in [1.82, 2.24) is 4.31 Å². The van der Waals surface area contributed by atoms with E-state index in [-0.39, 0.29) is 30.0 Å². The van der Waals surface area contributed by atoms with Crippen molar-refractivity contribution in [2.75, 3.05) is 29.9 Å². The van der Waals surface area contributed by atoms with Crippen LogP contribution in [0.5, 0.6) is 0 Å². The van der Waals surface area contributed by atoms with Gasteiger partial charge in [0.25, 0.3) is 0 Å². The highest BCUT2D eigenvalue weighted by molar-refractivity contribution is 7.89. The second kappa shape index (κ2) is 9.40. The molecular formula is C17H28ClN3O3S. The number of piperidine rings is 1. The minimum Gasteiger partial charge on any atom is -0.399 e. The predicted molar refractivity (Wildman–Crippen MR) is 104 cm³/mol. The molecule has 0 saturated carbocycles. The fraction of sp³-hybridized carbons (Fsp3) is 0.588. The lowest BCUT2D eigenvalue weighted by Gasteiger charge is -2.30. The van der Waals surface area contributed by atoms with Crippen LogP contribution in [-0.4, -0.2) is 37.5 Å². The summed E-state index contributed by atoms with van der Waals surface area (Å²) < 4.78 is 25.9. The molecule has 0 spiro atoms. The second-order valence-corrected chi connectivity index (χ2v) is 8.49. The number of hydrogen-bond acceptors (Lipinski definition) is 4. The molecule has 0 radical (unpaired) electrons. The number of aryl methyl sites for hydroxylation is 1. The summed E-state index contributed by atoms with van der Waals surface area (Å²) in [7, 11) is -3.18. The van der Waals surface area contributed by atoms with Crippen molar-refractivity contribution < 1.29 is 13.2 Å². The Labute approximate surface area is 156 Å². The molecule has 1 amide bonds. The van der Waals surface area contributed by atoms with Crippen LogP contribution in [0.2, 0.25) is 0 Å². The van der Waals surface area contributed by atoms with Gasteiger partial charge in [0.05, 0.1) is 5.75 Å². The van der Waals surface area contributed by atoms with E-state index < -0.39 is 10.0 Å². The smallest absolute Gasteiger partial charge is 0.227 e. The Morgan fingerprint density at radius 2 is 1.96 bits per heavy atom. The van der Waals surface area contributed by atoms with E-state index in [1.54, 1.807) is 12.1 Å². The minimum atomic E-state index is -3.18.